The Morgan fingerprint density at radius 2 is 2.36 bits per heavy atom. The van der Waals surface area contributed by atoms with Crippen molar-refractivity contribution in [3.63, 3.8) is 0 Å². The van der Waals surface area contributed by atoms with Crippen LogP contribution in [0.1, 0.15) is 11.1 Å². The molecule has 1 heterocycles. The van der Waals surface area contributed by atoms with Gasteiger partial charge in [0.2, 0.25) is 0 Å². The van der Waals surface area contributed by atoms with E-state index in [0.29, 0.717) is 0 Å². The van der Waals surface area contributed by atoms with Gasteiger partial charge >= 0.3 is 0 Å². The van der Waals surface area contributed by atoms with Crippen LogP contribution >= 0.6 is 11.3 Å². The van der Waals surface area contributed by atoms with E-state index in [1.165, 1.54) is 21.2 Å². The summed E-state index contributed by atoms with van der Waals surface area (Å²) in [5, 5.41) is 6.67. The second-order valence-corrected chi connectivity index (χ2v) is 4.10. The van der Waals surface area contributed by atoms with E-state index < -0.39 is 0 Å². The average molecular weight is 203 g/mol. The summed E-state index contributed by atoms with van der Waals surface area (Å²) in [5.74, 6) is 0. The van der Waals surface area contributed by atoms with Crippen LogP contribution in [0.15, 0.2) is 30.2 Å². The standard InChI is InChI=1S/C12H13NS/c1-3-9-8-14-12-10(7-13-2)5-4-6-11(9)12/h3-6,8,13H,1,7H2,2H3. The van der Waals surface area contributed by atoms with Gasteiger partial charge in [-0.25, -0.2) is 0 Å². The lowest BCUT2D eigenvalue weighted by Gasteiger charge is -2.01. The number of benzene rings is 1. The second-order valence-electron chi connectivity index (χ2n) is 3.22. The van der Waals surface area contributed by atoms with Gasteiger partial charge in [-0.3, -0.25) is 0 Å². The van der Waals surface area contributed by atoms with E-state index in [4.69, 9.17) is 0 Å². The minimum atomic E-state index is 0.925. The largest absolute Gasteiger partial charge is 0.316 e. The van der Waals surface area contributed by atoms with Crippen molar-refractivity contribution in [3.8, 4) is 0 Å². The lowest BCUT2D eigenvalue weighted by atomic mass is 10.1. The van der Waals surface area contributed by atoms with Crippen LogP contribution < -0.4 is 5.32 Å². The van der Waals surface area contributed by atoms with Gasteiger partial charge in [-0.2, -0.15) is 0 Å². The van der Waals surface area contributed by atoms with Crippen molar-refractivity contribution in [1.82, 2.24) is 5.32 Å². The Bertz CT molecular complexity index is 456. The normalized spacial score (nSPS) is 10.6. The molecule has 0 atom stereocenters. The van der Waals surface area contributed by atoms with Crippen LogP contribution in [0.2, 0.25) is 0 Å². The molecule has 1 N–H and O–H groups in total. The second kappa shape index (κ2) is 3.95. The molecule has 72 valence electrons. The fraction of sp³-hybridized carbons (Fsp3) is 0.167. The predicted molar refractivity (Wildman–Crippen MR) is 64.7 cm³/mol. The lowest BCUT2D eigenvalue weighted by Crippen LogP contribution is -2.04. The number of fused-ring (bicyclic) bond motifs is 1. The average Bonchev–Trinajstić information content (AvgIpc) is 2.62. The zero-order valence-corrected chi connectivity index (χ0v) is 9.03. The molecular weight excluding hydrogens is 190 g/mol. The van der Waals surface area contributed by atoms with Crippen molar-refractivity contribution in [3.05, 3.63) is 41.3 Å². The van der Waals surface area contributed by atoms with Gasteiger partial charge < -0.3 is 5.32 Å². The molecule has 0 spiro atoms. The molecule has 0 aliphatic heterocycles. The van der Waals surface area contributed by atoms with Crippen LogP contribution in [0.25, 0.3) is 16.2 Å². The molecule has 0 aliphatic rings. The fourth-order valence-electron chi connectivity index (χ4n) is 1.62. The third kappa shape index (κ3) is 1.47. The van der Waals surface area contributed by atoms with Crippen molar-refractivity contribution in [2.45, 2.75) is 6.54 Å². The predicted octanol–water partition coefficient (Wildman–Crippen LogP) is 3.26. The van der Waals surface area contributed by atoms with Crippen LogP contribution in [0, 0.1) is 0 Å². The summed E-state index contributed by atoms with van der Waals surface area (Å²) >= 11 is 1.79. The number of nitrogens with one attached hydrogen (secondary N) is 1. The Hall–Kier alpha value is -1.12. The highest BCUT2D eigenvalue weighted by Gasteiger charge is 2.04. The van der Waals surface area contributed by atoms with Crippen molar-refractivity contribution in [1.29, 1.82) is 0 Å². The van der Waals surface area contributed by atoms with Gasteiger partial charge in [0.25, 0.3) is 0 Å². The van der Waals surface area contributed by atoms with Crippen LogP contribution in [0.3, 0.4) is 0 Å². The molecule has 1 aromatic carbocycles. The monoisotopic (exact) mass is 203 g/mol. The highest BCUT2D eigenvalue weighted by atomic mass is 32.1. The molecule has 0 fully saturated rings. The fourth-order valence-corrected chi connectivity index (χ4v) is 2.70. The Kier molecular flexibility index (Phi) is 2.66. The summed E-state index contributed by atoms with van der Waals surface area (Å²) in [4.78, 5) is 0. The molecule has 0 radical (unpaired) electrons. The van der Waals surface area contributed by atoms with Crippen molar-refractivity contribution < 1.29 is 0 Å². The van der Waals surface area contributed by atoms with Gasteiger partial charge in [0.05, 0.1) is 0 Å². The van der Waals surface area contributed by atoms with E-state index >= 15 is 0 Å². The third-order valence-electron chi connectivity index (χ3n) is 2.30. The molecule has 0 saturated heterocycles. The maximum absolute atomic E-state index is 3.82. The topological polar surface area (TPSA) is 12.0 Å². The number of thiophene rings is 1. The summed E-state index contributed by atoms with van der Waals surface area (Å²) in [7, 11) is 1.97. The molecule has 14 heavy (non-hydrogen) atoms. The van der Waals surface area contributed by atoms with Gasteiger partial charge in [0.1, 0.15) is 0 Å². The van der Waals surface area contributed by atoms with Crippen LogP contribution in [0.4, 0.5) is 0 Å². The molecule has 1 nitrogen and oxygen atoms in total. The van der Waals surface area contributed by atoms with E-state index in [2.05, 4.69) is 35.5 Å². The van der Waals surface area contributed by atoms with E-state index in [1.54, 1.807) is 11.3 Å². The molecular formula is C12H13NS. The van der Waals surface area contributed by atoms with Crippen molar-refractivity contribution in [2.75, 3.05) is 7.05 Å². The quantitative estimate of drug-likeness (QED) is 0.807. The Balaban J connectivity index is 2.63. The first kappa shape index (κ1) is 9.44. The van der Waals surface area contributed by atoms with Gasteiger partial charge in [0.15, 0.2) is 0 Å². The van der Waals surface area contributed by atoms with Crippen LogP contribution in [0.5, 0.6) is 0 Å². The Morgan fingerprint density at radius 3 is 3.07 bits per heavy atom. The highest BCUT2D eigenvalue weighted by Crippen LogP contribution is 2.29. The first-order valence-corrected chi connectivity index (χ1v) is 5.51. The molecule has 0 saturated carbocycles. The maximum Gasteiger partial charge on any atom is 0.0393 e. The molecule has 2 rings (SSSR count). The van der Waals surface area contributed by atoms with Crippen LogP contribution in [-0.4, -0.2) is 7.05 Å². The zero-order chi connectivity index (χ0) is 9.97. The molecule has 0 bridgehead atoms. The summed E-state index contributed by atoms with van der Waals surface area (Å²) in [6.07, 6.45) is 1.92. The number of rotatable bonds is 3. The molecule has 2 heteroatoms. The van der Waals surface area contributed by atoms with E-state index in [1.807, 2.05) is 13.1 Å². The molecule has 1 aromatic heterocycles. The van der Waals surface area contributed by atoms with Crippen molar-refractivity contribution >= 4 is 27.5 Å². The van der Waals surface area contributed by atoms with E-state index in [-0.39, 0.29) is 0 Å². The summed E-state index contributed by atoms with van der Waals surface area (Å²) in [6, 6.07) is 6.43. The minimum absolute atomic E-state index is 0.925. The van der Waals surface area contributed by atoms with Crippen LogP contribution in [-0.2, 0) is 6.54 Å². The molecule has 0 unspecified atom stereocenters. The highest BCUT2D eigenvalue weighted by molar-refractivity contribution is 7.17. The lowest BCUT2D eigenvalue weighted by molar-refractivity contribution is 0.825. The Labute approximate surface area is 88.1 Å². The first-order valence-electron chi connectivity index (χ1n) is 4.63. The number of hydrogen-bond donors (Lipinski definition) is 1. The van der Waals surface area contributed by atoms with E-state index in [9.17, 15) is 0 Å². The molecule has 0 aliphatic carbocycles. The first-order chi connectivity index (χ1) is 6.86. The number of hydrogen-bond acceptors (Lipinski definition) is 2. The summed E-state index contributed by atoms with van der Waals surface area (Å²) in [6.45, 7) is 4.75. The third-order valence-corrected chi connectivity index (χ3v) is 3.39. The van der Waals surface area contributed by atoms with E-state index in [0.717, 1.165) is 6.54 Å². The maximum atomic E-state index is 3.82. The summed E-state index contributed by atoms with van der Waals surface area (Å²) < 4.78 is 1.37. The minimum Gasteiger partial charge on any atom is -0.316 e. The molecule has 2 aromatic rings. The van der Waals surface area contributed by atoms with Gasteiger partial charge in [0, 0.05) is 11.2 Å². The SMILES string of the molecule is C=Cc1csc2c(CNC)cccc12. The smallest absolute Gasteiger partial charge is 0.0393 e. The van der Waals surface area contributed by atoms with Gasteiger partial charge in [-0.05, 0) is 28.9 Å². The Morgan fingerprint density at radius 1 is 1.50 bits per heavy atom. The van der Waals surface area contributed by atoms with Gasteiger partial charge in [-0.15, -0.1) is 11.3 Å². The van der Waals surface area contributed by atoms with Gasteiger partial charge in [-0.1, -0.05) is 30.9 Å². The van der Waals surface area contributed by atoms with Crippen molar-refractivity contribution in [2.24, 2.45) is 0 Å². The zero-order valence-electron chi connectivity index (χ0n) is 8.21. The summed E-state index contributed by atoms with van der Waals surface area (Å²) in [5.41, 5.74) is 2.60. The molecule has 0 amide bonds.